The molecule has 192 valence electrons. The molecule has 5 rings (SSSR count). The van der Waals surface area contributed by atoms with Crippen molar-refractivity contribution in [1.29, 1.82) is 0 Å². The predicted molar refractivity (Wildman–Crippen MR) is 149 cm³/mol. The first-order valence-corrected chi connectivity index (χ1v) is 13.7. The Morgan fingerprint density at radius 3 is 2.51 bits per heavy atom. The van der Waals surface area contributed by atoms with Crippen molar-refractivity contribution in [3.8, 4) is 11.3 Å². The molecule has 3 aromatic rings. The summed E-state index contributed by atoms with van der Waals surface area (Å²) in [4.78, 5) is 29.2. The van der Waals surface area contributed by atoms with Crippen molar-refractivity contribution in [1.82, 2.24) is 15.1 Å². The molecule has 2 unspecified atom stereocenters. The van der Waals surface area contributed by atoms with Gasteiger partial charge >= 0.3 is 5.97 Å². The fraction of sp³-hybridized carbons (Fsp3) is 0.286. The van der Waals surface area contributed by atoms with Crippen molar-refractivity contribution >= 4 is 42.3 Å². The van der Waals surface area contributed by atoms with Crippen LogP contribution in [0.3, 0.4) is 0 Å². The Kier molecular flexibility index (Phi) is 8.05. The van der Waals surface area contributed by atoms with Gasteiger partial charge in [-0.25, -0.2) is 0 Å². The third-order valence-corrected chi connectivity index (χ3v) is 8.22. The summed E-state index contributed by atoms with van der Waals surface area (Å²) in [6, 6.07) is 20.9. The first-order valence-electron chi connectivity index (χ1n) is 12.3. The van der Waals surface area contributed by atoms with Gasteiger partial charge in [0.2, 0.25) is 0 Å². The van der Waals surface area contributed by atoms with Crippen LogP contribution in [0.1, 0.15) is 16.9 Å². The fourth-order valence-electron chi connectivity index (χ4n) is 4.60. The van der Waals surface area contributed by atoms with Crippen LogP contribution in [0.15, 0.2) is 76.1 Å². The van der Waals surface area contributed by atoms with Gasteiger partial charge in [0, 0.05) is 44.4 Å². The lowest BCUT2D eigenvalue weighted by atomic mass is 10.0. The number of carbonyl (C=O) groups is 2. The van der Waals surface area contributed by atoms with E-state index in [-0.39, 0.29) is 10.6 Å². The lowest BCUT2D eigenvalue weighted by Crippen LogP contribution is -2.52. The van der Waals surface area contributed by atoms with Crippen LogP contribution in [0.25, 0.3) is 17.4 Å². The van der Waals surface area contributed by atoms with E-state index in [2.05, 4.69) is 17.9 Å². The lowest BCUT2D eigenvalue weighted by Gasteiger charge is -2.32. The van der Waals surface area contributed by atoms with E-state index >= 15 is 0 Å². The van der Waals surface area contributed by atoms with Gasteiger partial charge in [0.15, 0.2) is 0 Å². The van der Waals surface area contributed by atoms with Crippen molar-refractivity contribution in [3.63, 3.8) is 0 Å². The van der Waals surface area contributed by atoms with Crippen molar-refractivity contribution in [2.75, 3.05) is 26.2 Å². The first-order chi connectivity index (χ1) is 18.0. The minimum absolute atomic E-state index is 0.0615. The summed E-state index contributed by atoms with van der Waals surface area (Å²) in [6.07, 6.45) is 2.22. The summed E-state index contributed by atoms with van der Waals surface area (Å²) in [5.41, 5.74) is 2.92. The molecule has 0 spiro atoms. The predicted octanol–water partition coefficient (Wildman–Crippen LogP) is 4.18. The van der Waals surface area contributed by atoms with E-state index in [1.54, 1.807) is 11.0 Å². The molecule has 2 aromatic carbocycles. The third kappa shape index (κ3) is 6.13. The van der Waals surface area contributed by atoms with Gasteiger partial charge < -0.3 is 19.7 Å². The minimum atomic E-state index is -0.792. The standard InChI is InChI=1S/C28H29N3O4S2/c32-26-25(37-28(36)31(26)18-20-4-2-1-3-5-20)17-22-10-11-24(35-22)21-8-6-19(7-9-21)16-23(27(33)34)30-14-12-29-13-15-30/h1-11,17,23,28-29,36H,12-16,18H2,(H,33,34)/b25-17-. The van der Waals surface area contributed by atoms with Crippen LogP contribution in [-0.4, -0.2) is 63.7 Å². The Morgan fingerprint density at radius 2 is 1.81 bits per heavy atom. The number of hydrogen-bond acceptors (Lipinski definition) is 7. The number of nitrogens with one attached hydrogen (secondary N) is 1. The van der Waals surface area contributed by atoms with Gasteiger partial charge in [-0.1, -0.05) is 66.4 Å². The Bertz CT molecular complexity index is 1270. The Hall–Kier alpha value is -2.98. The number of aliphatic carboxylic acids is 1. The SMILES string of the molecule is O=C(O)C(Cc1ccc(-c2ccc(/C=C3\SC(S)N(Cc4ccccc4)C3=O)o2)cc1)N1CCNCC1. The van der Waals surface area contributed by atoms with Crippen molar-refractivity contribution in [2.24, 2.45) is 0 Å². The highest BCUT2D eigenvalue weighted by atomic mass is 32.2. The van der Waals surface area contributed by atoms with Gasteiger partial charge in [-0.15, -0.1) is 12.6 Å². The molecule has 3 heterocycles. The maximum atomic E-state index is 13.0. The van der Waals surface area contributed by atoms with Crippen LogP contribution in [0.5, 0.6) is 0 Å². The number of amides is 1. The molecule has 1 amide bonds. The Morgan fingerprint density at radius 1 is 1.08 bits per heavy atom. The van der Waals surface area contributed by atoms with E-state index < -0.39 is 12.0 Å². The zero-order valence-electron chi connectivity index (χ0n) is 20.2. The number of thiol groups is 1. The summed E-state index contributed by atoms with van der Waals surface area (Å²) in [6.45, 7) is 3.59. The second kappa shape index (κ2) is 11.6. The molecule has 7 nitrogen and oxygen atoms in total. The molecular weight excluding hydrogens is 506 g/mol. The van der Waals surface area contributed by atoms with E-state index in [9.17, 15) is 14.7 Å². The quantitative estimate of drug-likeness (QED) is 0.295. The first kappa shape index (κ1) is 25.7. The molecule has 2 N–H and O–H groups in total. The number of hydrogen-bond donors (Lipinski definition) is 3. The maximum absolute atomic E-state index is 13.0. The smallest absolute Gasteiger partial charge is 0.321 e. The van der Waals surface area contributed by atoms with Gasteiger partial charge in [-0.2, -0.15) is 0 Å². The lowest BCUT2D eigenvalue weighted by molar-refractivity contribution is -0.143. The largest absolute Gasteiger partial charge is 0.480 e. The van der Waals surface area contributed by atoms with Crippen LogP contribution < -0.4 is 5.32 Å². The minimum Gasteiger partial charge on any atom is -0.480 e. The average Bonchev–Trinajstić information content (AvgIpc) is 3.49. The highest BCUT2D eigenvalue weighted by molar-refractivity contribution is 8.14. The number of benzene rings is 2. The zero-order chi connectivity index (χ0) is 25.8. The monoisotopic (exact) mass is 535 g/mol. The van der Waals surface area contributed by atoms with Crippen LogP contribution in [0.2, 0.25) is 0 Å². The topological polar surface area (TPSA) is 86.0 Å². The van der Waals surface area contributed by atoms with Crippen molar-refractivity contribution in [2.45, 2.75) is 23.7 Å². The molecule has 0 bridgehead atoms. The van der Waals surface area contributed by atoms with E-state index in [0.29, 0.717) is 29.4 Å². The summed E-state index contributed by atoms with van der Waals surface area (Å²) in [7, 11) is 0. The normalized spacial score (nSPS) is 20.5. The van der Waals surface area contributed by atoms with Crippen molar-refractivity contribution in [3.05, 3.63) is 88.5 Å². The Labute approximate surface area is 225 Å². The molecule has 9 heteroatoms. The number of furan rings is 1. The van der Waals surface area contributed by atoms with Gasteiger partial charge in [0.05, 0.1) is 4.91 Å². The van der Waals surface area contributed by atoms with Crippen molar-refractivity contribution < 1.29 is 19.1 Å². The molecular formula is C28H29N3O4S2. The summed E-state index contributed by atoms with van der Waals surface area (Å²) >= 11 is 6.01. The van der Waals surface area contributed by atoms with E-state index in [0.717, 1.165) is 42.9 Å². The van der Waals surface area contributed by atoms with Gasteiger partial charge in [0.1, 0.15) is 22.3 Å². The van der Waals surface area contributed by atoms with E-state index in [1.165, 1.54) is 11.8 Å². The molecule has 2 aliphatic rings. The number of rotatable bonds is 8. The highest BCUT2D eigenvalue weighted by Gasteiger charge is 2.34. The molecule has 2 aliphatic heterocycles. The molecule has 0 aliphatic carbocycles. The van der Waals surface area contributed by atoms with Crippen LogP contribution >= 0.6 is 24.4 Å². The number of carbonyl (C=O) groups excluding carboxylic acids is 1. The number of piperazine rings is 1. The molecule has 37 heavy (non-hydrogen) atoms. The third-order valence-electron chi connectivity index (χ3n) is 6.61. The molecule has 0 saturated carbocycles. The zero-order valence-corrected chi connectivity index (χ0v) is 22.0. The summed E-state index contributed by atoms with van der Waals surface area (Å²) in [5.74, 6) is 0.435. The van der Waals surface area contributed by atoms with Crippen LogP contribution in [0.4, 0.5) is 0 Å². The van der Waals surface area contributed by atoms with Gasteiger partial charge in [-0.3, -0.25) is 14.5 Å². The Balaban J connectivity index is 1.25. The second-order valence-electron chi connectivity index (χ2n) is 9.11. The van der Waals surface area contributed by atoms with E-state index in [4.69, 9.17) is 4.42 Å². The number of thioether (sulfide) groups is 1. The number of nitrogens with zero attached hydrogens (tertiary/aromatic N) is 2. The maximum Gasteiger partial charge on any atom is 0.321 e. The second-order valence-corrected chi connectivity index (χ2v) is 11.1. The highest BCUT2D eigenvalue weighted by Crippen LogP contribution is 2.39. The number of carboxylic acids is 1. The van der Waals surface area contributed by atoms with Gasteiger partial charge in [0.25, 0.3) is 5.91 Å². The van der Waals surface area contributed by atoms with Gasteiger partial charge in [-0.05, 0) is 29.7 Å². The summed E-state index contributed by atoms with van der Waals surface area (Å²) in [5, 5.41) is 13.0. The van der Waals surface area contributed by atoms with E-state index in [1.807, 2.05) is 71.6 Å². The molecule has 2 atom stereocenters. The molecule has 0 radical (unpaired) electrons. The number of carboxylic acid groups (broad SMARTS) is 1. The van der Waals surface area contributed by atoms with Crippen LogP contribution in [-0.2, 0) is 22.6 Å². The average molecular weight is 536 g/mol. The molecule has 1 aromatic heterocycles. The fourth-order valence-corrected chi connectivity index (χ4v) is 6.06. The summed E-state index contributed by atoms with van der Waals surface area (Å²) < 4.78 is 5.78. The molecule has 2 fully saturated rings. The molecule has 2 saturated heterocycles. The van der Waals surface area contributed by atoms with Crippen LogP contribution in [0, 0.1) is 0 Å².